The van der Waals surface area contributed by atoms with Gasteiger partial charge in [0.1, 0.15) is 11.5 Å². The molecule has 0 fully saturated rings. The maximum Gasteiger partial charge on any atom is 0.416 e. The van der Waals surface area contributed by atoms with Crippen LogP contribution in [-0.2, 0) is 17.0 Å². The van der Waals surface area contributed by atoms with E-state index in [1.165, 1.54) is 24.6 Å². The van der Waals surface area contributed by atoms with Crippen LogP contribution in [0, 0.1) is 6.92 Å². The number of aryl methyl sites for hydroxylation is 1. The number of rotatable bonds is 4. The number of pyridine rings is 1. The lowest BCUT2D eigenvalue weighted by molar-refractivity contribution is -0.137. The summed E-state index contributed by atoms with van der Waals surface area (Å²) in [5.41, 5.74) is 1.45. The molecule has 0 bridgehead atoms. The number of aromatic nitrogens is 2. The minimum Gasteiger partial charge on any atom is -0.457 e. The van der Waals surface area contributed by atoms with E-state index in [1.807, 2.05) is 0 Å². The van der Waals surface area contributed by atoms with Gasteiger partial charge in [0.2, 0.25) is 0 Å². The Morgan fingerprint density at radius 1 is 1.03 bits per heavy atom. The van der Waals surface area contributed by atoms with E-state index in [4.69, 9.17) is 4.74 Å². The molecular formula is C22H17F3N2O3S. The Bertz CT molecular complexity index is 1270. The quantitative estimate of drug-likeness (QED) is 0.406. The van der Waals surface area contributed by atoms with E-state index in [0.29, 0.717) is 33.1 Å². The average Bonchev–Trinajstić information content (AvgIpc) is 3.21. The van der Waals surface area contributed by atoms with Crippen LogP contribution in [0.1, 0.15) is 11.3 Å². The van der Waals surface area contributed by atoms with Gasteiger partial charge in [0.25, 0.3) is 0 Å². The number of alkyl halides is 3. The topological polar surface area (TPSA) is 64.3 Å². The summed E-state index contributed by atoms with van der Waals surface area (Å²) in [6, 6.07) is 12.9. The van der Waals surface area contributed by atoms with Crippen LogP contribution in [0.2, 0.25) is 0 Å². The summed E-state index contributed by atoms with van der Waals surface area (Å²) in [6.07, 6.45) is -1.43. The molecule has 1 atom stereocenters. The molecule has 0 aromatic heterocycles. The first kappa shape index (κ1) is 20.9. The minimum atomic E-state index is -4.50. The van der Waals surface area contributed by atoms with E-state index in [1.54, 1.807) is 37.3 Å². The van der Waals surface area contributed by atoms with Crippen LogP contribution in [-0.4, -0.2) is 25.4 Å². The smallest absolute Gasteiger partial charge is 0.416 e. The molecule has 160 valence electrons. The standard InChI is InChI=1S/C22H17F3N2O3S/c1-13-10-18(17-8-9-26-21(17)27(13)28)19-12-16(31(2)29)6-7-20(19)30-15-5-3-4-14(11-15)22(23,24)25/h3-12,28H,1-2H3. The number of ether oxygens (including phenoxy) is 1. The molecule has 0 amide bonds. The average molecular weight is 446 g/mol. The summed E-state index contributed by atoms with van der Waals surface area (Å²) in [7, 11) is -1.29. The van der Waals surface area contributed by atoms with Gasteiger partial charge in [0.15, 0.2) is 5.82 Å². The van der Waals surface area contributed by atoms with Crippen LogP contribution in [0.3, 0.4) is 0 Å². The van der Waals surface area contributed by atoms with Gasteiger partial charge in [-0.1, -0.05) is 6.07 Å². The zero-order valence-electron chi connectivity index (χ0n) is 16.5. The molecule has 5 nitrogen and oxygen atoms in total. The van der Waals surface area contributed by atoms with E-state index in [-0.39, 0.29) is 11.5 Å². The number of benzene rings is 2. The molecule has 0 spiro atoms. The summed E-state index contributed by atoms with van der Waals surface area (Å²) in [5, 5.41) is 10.2. The highest BCUT2D eigenvalue weighted by Crippen LogP contribution is 2.41. The summed E-state index contributed by atoms with van der Waals surface area (Å²) in [6.45, 7) is 1.69. The van der Waals surface area contributed by atoms with Gasteiger partial charge < -0.3 is 9.94 Å². The number of halogens is 3. The molecule has 0 saturated carbocycles. The van der Waals surface area contributed by atoms with Gasteiger partial charge in [0.05, 0.1) is 11.3 Å². The van der Waals surface area contributed by atoms with Gasteiger partial charge in [0, 0.05) is 39.3 Å². The van der Waals surface area contributed by atoms with Crippen molar-refractivity contribution in [3.05, 3.63) is 72.1 Å². The highest BCUT2D eigenvalue weighted by molar-refractivity contribution is 7.84. The summed E-state index contributed by atoms with van der Waals surface area (Å²) in [4.78, 5) is 4.69. The molecule has 31 heavy (non-hydrogen) atoms. The molecular weight excluding hydrogens is 429 g/mol. The highest BCUT2D eigenvalue weighted by Gasteiger charge is 2.30. The third kappa shape index (κ3) is 4.00. The van der Waals surface area contributed by atoms with Crippen LogP contribution in [0.5, 0.6) is 11.5 Å². The highest BCUT2D eigenvalue weighted by atomic mass is 32.2. The van der Waals surface area contributed by atoms with E-state index >= 15 is 0 Å². The second-order valence-electron chi connectivity index (χ2n) is 6.93. The Kier molecular flexibility index (Phi) is 5.22. The molecule has 2 aliphatic rings. The van der Waals surface area contributed by atoms with E-state index in [0.717, 1.165) is 16.9 Å². The van der Waals surface area contributed by atoms with E-state index in [9.17, 15) is 22.6 Å². The Balaban J connectivity index is 1.88. The summed E-state index contributed by atoms with van der Waals surface area (Å²) < 4.78 is 58.1. The van der Waals surface area contributed by atoms with E-state index in [2.05, 4.69) is 4.98 Å². The van der Waals surface area contributed by atoms with Crippen LogP contribution in [0.25, 0.3) is 22.5 Å². The first-order chi connectivity index (χ1) is 14.6. The molecule has 2 aromatic rings. The zero-order valence-corrected chi connectivity index (χ0v) is 17.3. The van der Waals surface area contributed by atoms with E-state index < -0.39 is 22.5 Å². The van der Waals surface area contributed by atoms with Gasteiger partial charge in [-0.15, -0.1) is 0 Å². The van der Waals surface area contributed by atoms with Crippen molar-refractivity contribution in [1.29, 1.82) is 0 Å². The largest absolute Gasteiger partial charge is 0.457 e. The Labute approximate surface area is 178 Å². The number of hydrogen-bond acceptors (Lipinski definition) is 4. The Hall–Kier alpha value is -3.33. The monoisotopic (exact) mass is 446 g/mol. The van der Waals surface area contributed by atoms with Crippen LogP contribution >= 0.6 is 0 Å². The van der Waals surface area contributed by atoms with Crippen molar-refractivity contribution in [2.24, 2.45) is 0 Å². The molecule has 0 radical (unpaired) electrons. The molecule has 4 rings (SSSR count). The maximum absolute atomic E-state index is 13.1. The molecule has 0 aliphatic carbocycles. The van der Waals surface area contributed by atoms with Gasteiger partial charge in [-0.2, -0.15) is 17.9 Å². The fraction of sp³-hybridized carbons (Fsp3) is 0.136. The Morgan fingerprint density at radius 3 is 2.52 bits per heavy atom. The molecule has 9 heteroatoms. The predicted octanol–water partition coefficient (Wildman–Crippen LogP) is 5.75. The zero-order chi connectivity index (χ0) is 22.3. The van der Waals surface area contributed by atoms with Crippen molar-refractivity contribution in [3.63, 3.8) is 0 Å². The van der Waals surface area contributed by atoms with Crippen LogP contribution in [0.4, 0.5) is 13.2 Å². The van der Waals surface area contributed by atoms with Crippen molar-refractivity contribution in [2.45, 2.75) is 18.0 Å². The lowest BCUT2D eigenvalue weighted by Gasteiger charge is -2.18. The van der Waals surface area contributed by atoms with Gasteiger partial charge in [-0.25, -0.2) is 4.98 Å². The summed E-state index contributed by atoms with van der Waals surface area (Å²) >= 11 is 0. The molecule has 2 aliphatic heterocycles. The lowest BCUT2D eigenvalue weighted by atomic mass is 9.98. The third-order valence-electron chi connectivity index (χ3n) is 4.82. The van der Waals surface area contributed by atoms with Crippen molar-refractivity contribution < 1.29 is 27.3 Å². The summed E-state index contributed by atoms with van der Waals surface area (Å²) in [5.74, 6) is 0.623. The minimum absolute atomic E-state index is 0.0168. The number of hydrogen-bond donors (Lipinski definition) is 1. The lowest BCUT2D eigenvalue weighted by Crippen LogP contribution is -2.05. The molecule has 2 heterocycles. The van der Waals surface area contributed by atoms with Crippen molar-refractivity contribution >= 4 is 10.8 Å². The van der Waals surface area contributed by atoms with Gasteiger partial charge >= 0.3 is 6.18 Å². The fourth-order valence-electron chi connectivity index (χ4n) is 3.29. The molecule has 1 N–H and O–H groups in total. The van der Waals surface area contributed by atoms with Gasteiger partial charge in [-0.05, 0) is 61.0 Å². The van der Waals surface area contributed by atoms with Crippen LogP contribution in [0.15, 0.2) is 65.7 Å². The number of fused-ring (bicyclic) bond motifs is 1. The first-order valence-electron chi connectivity index (χ1n) is 9.14. The maximum atomic E-state index is 13.1. The third-order valence-corrected chi connectivity index (χ3v) is 5.74. The Morgan fingerprint density at radius 2 is 1.81 bits per heavy atom. The predicted molar refractivity (Wildman–Crippen MR) is 110 cm³/mol. The van der Waals surface area contributed by atoms with Crippen molar-refractivity contribution in [3.8, 4) is 34.0 Å². The van der Waals surface area contributed by atoms with Crippen molar-refractivity contribution in [2.75, 3.05) is 6.26 Å². The first-order valence-corrected chi connectivity index (χ1v) is 10.7. The van der Waals surface area contributed by atoms with Gasteiger partial charge in [-0.3, -0.25) is 4.21 Å². The second kappa shape index (κ2) is 7.73. The van der Waals surface area contributed by atoms with Crippen LogP contribution < -0.4 is 4.74 Å². The van der Waals surface area contributed by atoms with Crippen molar-refractivity contribution in [1.82, 2.24) is 9.71 Å². The normalized spacial score (nSPS) is 12.8. The molecule has 2 aromatic carbocycles. The SMILES string of the molecule is Cc1cc(-c2cc(S(C)=O)ccc2Oc2cccc(C(F)(F)F)c2)c2ccnc-2n1O. The molecule has 0 saturated heterocycles. The molecule has 1 unspecified atom stereocenters. The second-order valence-corrected chi connectivity index (χ2v) is 8.31. The number of nitrogens with zero attached hydrogens (tertiary/aromatic N) is 2. The fourth-order valence-corrected chi connectivity index (χ4v) is 3.84.